The topological polar surface area (TPSA) is 56.2 Å². The summed E-state index contributed by atoms with van der Waals surface area (Å²) in [5.41, 5.74) is 3.92. The van der Waals surface area contributed by atoms with E-state index in [1.54, 1.807) is 30.0 Å². The minimum Gasteiger partial charge on any atom is -0.497 e. The fourth-order valence-corrected chi connectivity index (χ4v) is 3.73. The third kappa shape index (κ3) is 5.59. The van der Waals surface area contributed by atoms with Crippen LogP contribution in [0.25, 0.3) is 16.9 Å². The average molecular weight is 464 g/mol. The Morgan fingerprint density at radius 2 is 1.88 bits per heavy atom. The van der Waals surface area contributed by atoms with Crippen molar-refractivity contribution in [1.82, 2.24) is 15.1 Å². The number of nitrogens with zero attached hydrogens (tertiary/aromatic N) is 2. The molecule has 0 radical (unpaired) electrons. The van der Waals surface area contributed by atoms with Gasteiger partial charge in [0, 0.05) is 29.7 Å². The number of aryl methyl sites for hydroxylation is 1. The van der Waals surface area contributed by atoms with Crippen molar-refractivity contribution in [2.24, 2.45) is 0 Å². The number of nitrogens with one attached hydrogen (secondary N) is 1. The van der Waals surface area contributed by atoms with Gasteiger partial charge < -0.3 is 10.1 Å². The lowest BCUT2D eigenvalue weighted by atomic mass is 10.0. The summed E-state index contributed by atoms with van der Waals surface area (Å²) in [5, 5.41) is 8.23. The number of ether oxygens (including phenoxy) is 1. The minimum atomic E-state index is -0.341. The highest BCUT2D eigenvalue weighted by Crippen LogP contribution is 2.28. The Hall–Kier alpha value is -3.64. The van der Waals surface area contributed by atoms with Gasteiger partial charge in [0.2, 0.25) is 5.91 Å². The molecule has 0 unspecified atom stereocenters. The van der Waals surface area contributed by atoms with Crippen LogP contribution in [0.5, 0.6) is 5.75 Å². The average Bonchev–Trinajstić information content (AvgIpc) is 3.27. The van der Waals surface area contributed by atoms with Crippen LogP contribution in [0.15, 0.2) is 79.0 Å². The van der Waals surface area contributed by atoms with Crippen molar-refractivity contribution in [3.05, 3.63) is 101 Å². The van der Waals surface area contributed by atoms with Crippen LogP contribution in [0.2, 0.25) is 5.02 Å². The Morgan fingerprint density at radius 1 is 1.06 bits per heavy atom. The van der Waals surface area contributed by atoms with Gasteiger partial charge in [-0.1, -0.05) is 48.0 Å². The first kappa shape index (κ1) is 22.6. The van der Waals surface area contributed by atoms with Gasteiger partial charge >= 0.3 is 0 Å². The van der Waals surface area contributed by atoms with Gasteiger partial charge in [-0.25, -0.2) is 9.07 Å². The number of amides is 1. The molecule has 168 valence electrons. The third-order valence-corrected chi connectivity index (χ3v) is 5.63. The highest BCUT2D eigenvalue weighted by atomic mass is 35.5. The smallest absolute Gasteiger partial charge is 0.220 e. The van der Waals surface area contributed by atoms with Crippen molar-refractivity contribution in [2.75, 3.05) is 7.11 Å². The van der Waals surface area contributed by atoms with E-state index in [0.29, 0.717) is 29.4 Å². The predicted octanol–water partition coefficient (Wildman–Crippen LogP) is 5.59. The van der Waals surface area contributed by atoms with E-state index >= 15 is 0 Å². The van der Waals surface area contributed by atoms with Crippen LogP contribution in [0.4, 0.5) is 4.39 Å². The molecule has 0 atom stereocenters. The van der Waals surface area contributed by atoms with E-state index in [2.05, 4.69) is 5.32 Å². The van der Waals surface area contributed by atoms with Crippen LogP contribution in [-0.2, 0) is 17.8 Å². The van der Waals surface area contributed by atoms with Crippen LogP contribution < -0.4 is 10.1 Å². The minimum absolute atomic E-state index is 0.0926. The lowest BCUT2D eigenvalue weighted by Gasteiger charge is -2.07. The summed E-state index contributed by atoms with van der Waals surface area (Å²) in [6.07, 6.45) is 2.58. The molecule has 1 amide bonds. The van der Waals surface area contributed by atoms with Gasteiger partial charge in [0.25, 0.3) is 0 Å². The molecule has 0 bridgehead atoms. The highest BCUT2D eigenvalue weighted by molar-refractivity contribution is 6.31. The van der Waals surface area contributed by atoms with Crippen LogP contribution in [0.3, 0.4) is 0 Å². The van der Waals surface area contributed by atoms with Crippen LogP contribution >= 0.6 is 11.6 Å². The number of benzene rings is 3. The molecule has 0 saturated heterocycles. The second-order valence-electron chi connectivity index (χ2n) is 7.53. The number of rotatable bonds is 8. The molecule has 1 heterocycles. The molecule has 4 aromatic rings. The first-order valence-corrected chi connectivity index (χ1v) is 10.9. The highest BCUT2D eigenvalue weighted by Gasteiger charge is 2.15. The quantitative estimate of drug-likeness (QED) is 0.370. The van der Waals surface area contributed by atoms with Gasteiger partial charge in [0.05, 0.1) is 18.5 Å². The molecule has 4 rings (SSSR count). The normalized spacial score (nSPS) is 10.8. The van der Waals surface area contributed by atoms with Gasteiger partial charge in [-0.3, -0.25) is 4.79 Å². The fourth-order valence-electron chi connectivity index (χ4n) is 3.53. The summed E-state index contributed by atoms with van der Waals surface area (Å²) in [6, 6.07) is 21.2. The summed E-state index contributed by atoms with van der Waals surface area (Å²) in [7, 11) is 1.61. The first-order valence-electron chi connectivity index (χ1n) is 10.5. The van der Waals surface area contributed by atoms with E-state index in [1.807, 2.05) is 48.7 Å². The lowest BCUT2D eigenvalue weighted by molar-refractivity contribution is -0.121. The van der Waals surface area contributed by atoms with E-state index in [0.717, 1.165) is 22.4 Å². The van der Waals surface area contributed by atoms with Crippen molar-refractivity contribution < 1.29 is 13.9 Å². The molecule has 0 spiro atoms. The maximum Gasteiger partial charge on any atom is 0.220 e. The summed E-state index contributed by atoms with van der Waals surface area (Å²) in [4.78, 5) is 12.5. The van der Waals surface area contributed by atoms with Gasteiger partial charge in [0.15, 0.2) is 0 Å². The second kappa shape index (κ2) is 10.3. The molecular formula is C26H23ClFN3O2. The first-order chi connectivity index (χ1) is 16.0. The Kier molecular flexibility index (Phi) is 7.05. The molecule has 1 N–H and O–H groups in total. The van der Waals surface area contributed by atoms with Crippen molar-refractivity contribution >= 4 is 17.5 Å². The number of halogens is 2. The van der Waals surface area contributed by atoms with Crippen molar-refractivity contribution in [2.45, 2.75) is 19.4 Å². The molecule has 0 aliphatic carbocycles. The number of hydrogen-bond acceptors (Lipinski definition) is 3. The number of methoxy groups -OCH3 is 1. The standard InChI is InChI=1S/C26H23ClFN3O2/c1-33-23-10-4-7-18(14-23)26-20(17-31(30-26)22-9-5-8-21(28)15-22)12-13-25(32)29-16-19-6-2-3-11-24(19)27/h2-11,14-15,17H,12-13,16H2,1H3,(H,29,32). The molecule has 33 heavy (non-hydrogen) atoms. The van der Waals surface area contributed by atoms with Crippen molar-refractivity contribution in [3.8, 4) is 22.7 Å². The van der Waals surface area contributed by atoms with Crippen LogP contribution in [-0.4, -0.2) is 22.8 Å². The zero-order valence-electron chi connectivity index (χ0n) is 18.1. The molecule has 0 aliphatic rings. The van der Waals surface area contributed by atoms with Gasteiger partial charge in [-0.15, -0.1) is 0 Å². The number of hydrogen-bond donors (Lipinski definition) is 1. The molecule has 3 aromatic carbocycles. The SMILES string of the molecule is COc1cccc(-c2nn(-c3cccc(F)c3)cc2CCC(=O)NCc2ccccc2Cl)c1. The third-order valence-electron chi connectivity index (χ3n) is 5.26. The Balaban J connectivity index is 1.55. The van der Waals surface area contributed by atoms with Crippen molar-refractivity contribution in [1.29, 1.82) is 0 Å². The lowest BCUT2D eigenvalue weighted by Crippen LogP contribution is -2.23. The Bertz CT molecular complexity index is 1270. The second-order valence-corrected chi connectivity index (χ2v) is 7.93. The number of carbonyl (C=O) groups is 1. The molecule has 0 saturated carbocycles. The summed E-state index contributed by atoms with van der Waals surface area (Å²) < 4.78 is 20.7. The van der Waals surface area contributed by atoms with E-state index in [1.165, 1.54) is 12.1 Å². The summed E-state index contributed by atoms with van der Waals surface area (Å²) in [6.45, 7) is 0.365. The largest absolute Gasteiger partial charge is 0.497 e. The maximum absolute atomic E-state index is 13.8. The van der Waals surface area contributed by atoms with Gasteiger partial charge in [0.1, 0.15) is 11.6 Å². The van der Waals surface area contributed by atoms with Crippen LogP contribution in [0.1, 0.15) is 17.5 Å². The number of aromatic nitrogens is 2. The molecule has 7 heteroatoms. The van der Waals surface area contributed by atoms with E-state index in [9.17, 15) is 9.18 Å². The zero-order chi connectivity index (χ0) is 23.2. The molecule has 1 aromatic heterocycles. The monoisotopic (exact) mass is 463 g/mol. The predicted molar refractivity (Wildman–Crippen MR) is 127 cm³/mol. The molecule has 0 aliphatic heterocycles. The molecule has 5 nitrogen and oxygen atoms in total. The van der Waals surface area contributed by atoms with Crippen molar-refractivity contribution in [3.63, 3.8) is 0 Å². The van der Waals surface area contributed by atoms with Gasteiger partial charge in [-0.05, 0) is 53.9 Å². The zero-order valence-corrected chi connectivity index (χ0v) is 18.8. The van der Waals surface area contributed by atoms with E-state index in [4.69, 9.17) is 21.4 Å². The molecular weight excluding hydrogens is 441 g/mol. The fraction of sp³-hybridized carbons (Fsp3) is 0.154. The number of carbonyl (C=O) groups excluding carboxylic acids is 1. The van der Waals surface area contributed by atoms with E-state index < -0.39 is 0 Å². The molecule has 0 fully saturated rings. The van der Waals surface area contributed by atoms with Gasteiger partial charge in [-0.2, -0.15) is 5.10 Å². The van der Waals surface area contributed by atoms with Crippen LogP contribution in [0, 0.1) is 5.82 Å². The summed E-state index contributed by atoms with van der Waals surface area (Å²) in [5.74, 6) is 0.271. The Morgan fingerprint density at radius 3 is 2.67 bits per heavy atom. The maximum atomic E-state index is 13.8. The Labute approximate surface area is 196 Å². The van der Waals surface area contributed by atoms with E-state index in [-0.39, 0.29) is 18.1 Å². The summed E-state index contributed by atoms with van der Waals surface area (Å²) >= 11 is 6.17.